The standard InChI is InChI=1S/C23H21N3O2/c27-22(6-4-16-3-5-21-18(14-16)9-13-28-21)26-11-7-17(8-12-26)20-15-25-23-19(20)2-1-10-24-23/h1-7,10,14-15H,8-9,11-13H2,(H,24,25)/b6-4+. The number of aromatic nitrogens is 2. The summed E-state index contributed by atoms with van der Waals surface area (Å²) in [5, 5.41) is 1.13. The summed E-state index contributed by atoms with van der Waals surface area (Å²) < 4.78 is 5.53. The molecule has 1 aromatic carbocycles. The van der Waals surface area contributed by atoms with Crippen LogP contribution in [0.3, 0.4) is 0 Å². The summed E-state index contributed by atoms with van der Waals surface area (Å²) in [6.07, 6.45) is 11.3. The second-order valence-electron chi connectivity index (χ2n) is 7.16. The number of carbonyl (C=O) groups is 1. The van der Waals surface area contributed by atoms with E-state index in [4.69, 9.17) is 4.74 Å². The van der Waals surface area contributed by atoms with Gasteiger partial charge >= 0.3 is 0 Å². The third-order valence-corrected chi connectivity index (χ3v) is 5.45. The largest absolute Gasteiger partial charge is 0.493 e. The van der Waals surface area contributed by atoms with Crippen molar-refractivity contribution in [2.45, 2.75) is 12.8 Å². The molecule has 0 saturated carbocycles. The van der Waals surface area contributed by atoms with E-state index in [1.807, 2.05) is 35.4 Å². The monoisotopic (exact) mass is 371 g/mol. The Bertz CT molecular complexity index is 1110. The normalized spacial score (nSPS) is 16.3. The van der Waals surface area contributed by atoms with Gasteiger partial charge in [-0.15, -0.1) is 0 Å². The molecule has 0 aliphatic carbocycles. The van der Waals surface area contributed by atoms with Gasteiger partial charge in [0.25, 0.3) is 0 Å². The lowest BCUT2D eigenvalue weighted by molar-refractivity contribution is -0.125. The van der Waals surface area contributed by atoms with Gasteiger partial charge in [0.1, 0.15) is 11.4 Å². The number of nitrogens with zero attached hydrogens (tertiary/aromatic N) is 2. The van der Waals surface area contributed by atoms with E-state index in [9.17, 15) is 4.79 Å². The number of H-pyrrole nitrogens is 1. The third kappa shape index (κ3) is 3.09. The Morgan fingerprint density at radius 1 is 1.25 bits per heavy atom. The van der Waals surface area contributed by atoms with Crippen molar-refractivity contribution in [1.29, 1.82) is 0 Å². The van der Waals surface area contributed by atoms with Gasteiger partial charge < -0.3 is 14.6 Å². The molecule has 0 radical (unpaired) electrons. The first kappa shape index (κ1) is 16.8. The summed E-state index contributed by atoms with van der Waals surface area (Å²) in [7, 11) is 0. The molecule has 1 N–H and O–H groups in total. The molecule has 0 saturated heterocycles. The molecular formula is C23H21N3O2. The fourth-order valence-corrected chi connectivity index (χ4v) is 3.92. The SMILES string of the molecule is O=C(/C=C/c1ccc2c(c1)CCO2)N1CC=C(c2c[nH]c3ncccc23)CC1. The Morgan fingerprint density at radius 2 is 2.21 bits per heavy atom. The van der Waals surface area contributed by atoms with Crippen molar-refractivity contribution in [3.8, 4) is 5.75 Å². The molecule has 0 spiro atoms. The van der Waals surface area contributed by atoms with E-state index in [0.29, 0.717) is 6.54 Å². The maximum absolute atomic E-state index is 12.6. The first-order valence-electron chi connectivity index (χ1n) is 9.62. The summed E-state index contributed by atoms with van der Waals surface area (Å²) in [6.45, 7) is 2.10. The molecule has 2 aliphatic rings. The minimum Gasteiger partial charge on any atom is -0.493 e. The zero-order chi connectivity index (χ0) is 18.9. The molecule has 3 aromatic rings. The van der Waals surface area contributed by atoms with Gasteiger partial charge in [-0.3, -0.25) is 4.79 Å². The van der Waals surface area contributed by atoms with Crippen LogP contribution in [0, 0.1) is 0 Å². The van der Waals surface area contributed by atoms with Crippen LogP contribution in [0.5, 0.6) is 5.75 Å². The van der Waals surface area contributed by atoms with Gasteiger partial charge in [0.05, 0.1) is 6.61 Å². The average Bonchev–Trinajstić information content (AvgIpc) is 3.38. The third-order valence-electron chi connectivity index (χ3n) is 5.45. The highest BCUT2D eigenvalue weighted by atomic mass is 16.5. The zero-order valence-electron chi connectivity index (χ0n) is 15.5. The van der Waals surface area contributed by atoms with Crippen LogP contribution in [0.1, 0.15) is 23.1 Å². The molecule has 140 valence electrons. The van der Waals surface area contributed by atoms with Crippen LogP contribution in [-0.4, -0.2) is 40.5 Å². The number of ether oxygens (including phenoxy) is 1. The second kappa shape index (κ2) is 7.00. The van der Waals surface area contributed by atoms with Gasteiger partial charge in [0.15, 0.2) is 0 Å². The highest BCUT2D eigenvalue weighted by molar-refractivity contribution is 5.94. The van der Waals surface area contributed by atoms with Gasteiger partial charge in [-0.2, -0.15) is 0 Å². The van der Waals surface area contributed by atoms with E-state index in [1.54, 1.807) is 12.3 Å². The molecule has 28 heavy (non-hydrogen) atoms. The van der Waals surface area contributed by atoms with E-state index >= 15 is 0 Å². The van der Waals surface area contributed by atoms with Gasteiger partial charge in [0, 0.05) is 48.9 Å². The van der Waals surface area contributed by atoms with Gasteiger partial charge in [-0.1, -0.05) is 12.1 Å². The summed E-state index contributed by atoms with van der Waals surface area (Å²) in [5.41, 5.74) is 5.61. The van der Waals surface area contributed by atoms with E-state index in [0.717, 1.165) is 48.3 Å². The minimum absolute atomic E-state index is 0.0487. The second-order valence-corrected chi connectivity index (χ2v) is 7.16. The average molecular weight is 371 g/mol. The lowest BCUT2D eigenvalue weighted by Crippen LogP contribution is -2.33. The number of pyridine rings is 1. The number of hydrogen-bond acceptors (Lipinski definition) is 3. The number of nitrogens with one attached hydrogen (secondary N) is 1. The summed E-state index contributed by atoms with van der Waals surface area (Å²) >= 11 is 0. The number of rotatable bonds is 3. The Balaban J connectivity index is 1.27. The van der Waals surface area contributed by atoms with Gasteiger partial charge in [0.2, 0.25) is 5.91 Å². The van der Waals surface area contributed by atoms with Crippen LogP contribution < -0.4 is 4.74 Å². The molecule has 4 heterocycles. The van der Waals surface area contributed by atoms with Crippen LogP contribution in [0.2, 0.25) is 0 Å². The van der Waals surface area contributed by atoms with Gasteiger partial charge in [-0.25, -0.2) is 4.98 Å². The predicted octanol–water partition coefficient (Wildman–Crippen LogP) is 3.83. The number of carbonyl (C=O) groups excluding carboxylic acids is 1. The van der Waals surface area contributed by atoms with E-state index in [2.05, 4.69) is 28.2 Å². The Labute approximate surface area is 163 Å². The predicted molar refractivity (Wildman–Crippen MR) is 110 cm³/mol. The molecule has 2 aromatic heterocycles. The molecule has 0 unspecified atom stereocenters. The summed E-state index contributed by atoms with van der Waals surface area (Å²) in [5.74, 6) is 1.01. The van der Waals surface area contributed by atoms with Crippen molar-refractivity contribution in [2.75, 3.05) is 19.7 Å². The zero-order valence-corrected chi connectivity index (χ0v) is 15.5. The number of fused-ring (bicyclic) bond motifs is 2. The Kier molecular flexibility index (Phi) is 4.20. The molecule has 0 fully saturated rings. The van der Waals surface area contributed by atoms with Crippen LogP contribution >= 0.6 is 0 Å². The minimum atomic E-state index is 0.0487. The van der Waals surface area contributed by atoms with Crippen molar-refractivity contribution in [2.24, 2.45) is 0 Å². The van der Waals surface area contributed by atoms with E-state index in [-0.39, 0.29) is 5.91 Å². The van der Waals surface area contributed by atoms with Crippen LogP contribution in [-0.2, 0) is 11.2 Å². The van der Waals surface area contributed by atoms with Crippen LogP contribution in [0.25, 0.3) is 22.7 Å². The fraction of sp³-hybridized carbons (Fsp3) is 0.217. The lowest BCUT2D eigenvalue weighted by Gasteiger charge is -2.25. The smallest absolute Gasteiger partial charge is 0.246 e. The van der Waals surface area contributed by atoms with Gasteiger partial charge in [-0.05, 0) is 53.5 Å². The number of benzene rings is 1. The van der Waals surface area contributed by atoms with Crippen LogP contribution in [0.15, 0.2) is 54.9 Å². The van der Waals surface area contributed by atoms with Crippen molar-refractivity contribution >= 4 is 28.6 Å². The first-order chi connectivity index (χ1) is 13.8. The van der Waals surface area contributed by atoms with Crippen molar-refractivity contribution in [1.82, 2.24) is 14.9 Å². The van der Waals surface area contributed by atoms with Crippen molar-refractivity contribution < 1.29 is 9.53 Å². The maximum Gasteiger partial charge on any atom is 0.246 e. The van der Waals surface area contributed by atoms with Crippen molar-refractivity contribution in [3.05, 3.63) is 71.6 Å². The molecule has 1 amide bonds. The molecule has 0 atom stereocenters. The quantitative estimate of drug-likeness (QED) is 0.712. The Morgan fingerprint density at radius 3 is 3.11 bits per heavy atom. The van der Waals surface area contributed by atoms with E-state index < -0.39 is 0 Å². The molecule has 5 nitrogen and oxygen atoms in total. The van der Waals surface area contributed by atoms with Crippen LogP contribution in [0.4, 0.5) is 0 Å². The highest BCUT2D eigenvalue weighted by Gasteiger charge is 2.18. The molecular weight excluding hydrogens is 350 g/mol. The highest BCUT2D eigenvalue weighted by Crippen LogP contribution is 2.29. The number of aromatic amines is 1. The van der Waals surface area contributed by atoms with E-state index in [1.165, 1.54) is 16.7 Å². The lowest BCUT2D eigenvalue weighted by atomic mass is 9.99. The Hall–Kier alpha value is -3.34. The molecule has 5 heteroatoms. The fourth-order valence-electron chi connectivity index (χ4n) is 3.92. The first-order valence-corrected chi connectivity index (χ1v) is 9.62. The topological polar surface area (TPSA) is 58.2 Å². The summed E-state index contributed by atoms with van der Waals surface area (Å²) in [4.78, 5) is 22.0. The molecule has 2 aliphatic heterocycles. The number of amides is 1. The maximum atomic E-state index is 12.6. The van der Waals surface area contributed by atoms with Crippen molar-refractivity contribution in [3.63, 3.8) is 0 Å². The summed E-state index contributed by atoms with van der Waals surface area (Å²) in [6, 6.07) is 10.1. The molecule has 0 bridgehead atoms. The molecule has 5 rings (SSSR count). The number of hydrogen-bond donors (Lipinski definition) is 1.